The Morgan fingerprint density at radius 1 is 1.06 bits per heavy atom. The van der Waals surface area contributed by atoms with Crippen molar-refractivity contribution < 1.29 is 14.3 Å². The van der Waals surface area contributed by atoms with Crippen LogP contribution in [0.25, 0.3) is 16.8 Å². The van der Waals surface area contributed by atoms with Gasteiger partial charge in [0.05, 0.1) is 13.2 Å². The van der Waals surface area contributed by atoms with Gasteiger partial charge in [-0.2, -0.15) is 0 Å². The molecule has 10 heteroatoms. The number of amides is 1. The van der Waals surface area contributed by atoms with Gasteiger partial charge in [0.1, 0.15) is 24.5 Å². The summed E-state index contributed by atoms with van der Waals surface area (Å²) in [5.41, 5.74) is 4.72. The maximum absolute atomic E-state index is 11.8. The molecule has 0 aliphatic carbocycles. The van der Waals surface area contributed by atoms with E-state index in [4.69, 9.17) is 9.47 Å². The van der Waals surface area contributed by atoms with Crippen LogP contribution in [-0.4, -0.2) is 50.4 Å². The second-order valence-corrected chi connectivity index (χ2v) is 7.54. The second kappa shape index (κ2) is 7.49. The van der Waals surface area contributed by atoms with Gasteiger partial charge in [0.15, 0.2) is 5.65 Å². The van der Waals surface area contributed by atoms with Gasteiger partial charge in [-0.15, -0.1) is 10.2 Å². The van der Waals surface area contributed by atoms with E-state index < -0.39 is 0 Å². The number of benzene rings is 1. The van der Waals surface area contributed by atoms with Gasteiger partial charge in [0, 0.05) is 42.0 Å². The Labute approximate surface area is 182 Å². The van der Waals surface area contributed by atoms with Crippen LogP contribution in [0.3, 0.4) is 0 Å². The van der Waals surface area contributed by atoms with Gasteiger partial charge in [0.25, 0.3) is 0 Å². The first-order valence-electron chi connectivity index (χ1n) is 10.3. The van der Waals surface area contributed by atoms with Crippen LogP contribution >= 0.6 is 0 Å². The first kappa shape index (κ1) is 18.6. The van der Waals surface area contributed by atoms with Crippen molar-refractivity contribution in [1.82, 2.24) is 24.6 Å². The summed E-state index contributed by atoms with van der Waals surface area (Å²) in [6, 6.07) is 9.79. The molecule has 6 rings (SSSR count). The Balaban J connectivity index is 1.27. The topological polar surface area (TPSA) is 107 Å². The molecular weight excluding hydrogens is 410 g/mol. The SMILES string of the molecule is O=C1OCCN1c1ccc(-c2cnc(NCc3cccc4c3CCO4)n3cnnc23)cn1. The van der Waals surface area contributed by atoms with Crippen LogP contribution in [-0.2, 0) is 17.7 Å². The third kappa shape index (κ3) is 3.08. The number of ether oxygens (including phenoxy) is 2. The van der Waals surface area contributed by atoms with Crippen LogP contribution in [0.2, 0.25) is 0 Å². The van der Waals surface area contributed by atoms with Gasteiger partial charge in [-0.1, -0.05) is 12.1 Å². The van der Waals surface area contributed by atoms with Gasteiger partial charge in [0.2, 0.25) is 5.95 Å². The number of cyclic esters (lactones) is 1. The van der Waals surface area contributed by atoms with E-state index in [0.29, 0.717) is 37.1 Å². The molecule has 0 radical (unpaired) electrons. The Bertz CT molecular complexity index is 1320. The van der Waals surface area contributed by atoms with Crippen molar-refractivity contribution in [2.24, 2.45) is 0 Å². The van der Waals surface area contributed by atoms with E-state index in [-0.39, 0.29) is 6.09 Å². The molecule has 0 spiro atoms. The van der Waals surface area contributed by atoms with E-state index in [0.717, 1.165) is 29.9 Å². The minimum atomic E-state index is -0.377. The summed E-state index contributed by atoms with van der Waals surface area (Å²) in [4.78, 5) is 22.3. The maximum atomic E-state index is 11.8. The maximum Gasteiger partial charge on any atom is 0.415 e. The zero-order valence-electron chi connectivity index (χ0n) is 17.1. The number of aromatic nitrogens is 5. The van der Waals surface area contributed by atoms with Crippen molar-refractivity contribution in [3.63, 3.8) is 0 Å². The summed E-state index contributed by atoms with van der Waals surface area (Å²) < 4.78 is 12.5. The van der Waals surface area contributed by atoms with Crippen molar-refractivity contribution in [2.45, 2.75) is 13.0 Å². The lowest BCUT2D eigenvalue weighted by Gasteiger charge is -2.13. The highest BCUT2D eigenvalue weighted by molar-refractivity contribution is 5.88. The first-order valence-corrected chi connectivity index (χ1v) is 10.3. The number of carbonyl (C=O) groups excluding carboxylic acids is 1. The quantitative estimate of drug-likeness (QED) is 0.516. The molecule has 1 fully saturated rings. The largest absolute Gasteiger partial charge is 0.493 e. The predicted octanol–water partition coefficient (Wildman–Crippen LogP) is 2.69. The van der Waals surface area contributed by atoms with Crippen LogP contribution in [0.4, 0.5) is 16.6 Å². The fourth-order valence-corrected chi connectivity index (χ4v) is 4.09. The summed E-state index contributed by atoms with van der Waals surface area (Å²) in [7, 11) is 0. The molecule has 0 unspecified atom stereocenters. The van der Waals surface area contributed by atoms with Crippen LogP contribution in [0.5, 0.6) is 5.75 Å². The molecular formula is C22H19N7O3. The van der Waals surface area contributed by atoms with E-state index in [9.17, 15) is 4.79 Å². The monoisotopic (exact) mass is 429 g/mol. The minimum Gasteiger partial charge on any atom is -0.493 e. The van der Waals surface area contributed by atoms with E-state index in [1.807, 2.05) is 22.6 Å². The highest BCUT2D eigenvalue weighted by atomic mass is 16.6. The summed E-state index contributed by atoms with van der Waals surface area (Å²) in [5, 5.41) is 11.7. The fourth-order valence-electron chi connectivity index (χ4n) is 4.09. The number of anilines is 2. The third-order valence-corrected chi connectivity index (χ3v) is 5.71. The van der Waals surface area contributed by atoms with Crippen molar-refractivity contribution in [2.75, 3.05) is 30.0 Å². The molecule has 10 nitrogen and oxygen atoms in total. The van der Waals surface area contributed by atoms with E-state index in [1.165, 1.54) is 16.0 Å². The smallest absolute Gasteiger partial charge is 0.415 e. The molecule has 1 saturated heterocycles. The highest BCUT2D eigenvalue weighted by Gasteiger charge is 2.24. The van der Waals surface area contributed by atoms with Crippen molar-refractivity contribution >= 4 is 23.5 Å². The Hall–Kier alpha value is -4.21. The normalized spacial score (nSPS) is 15.0. The molecule has 160 valence electrons. The lowest BCUT2D eigenvalue weighted by atomic mass is 10.1. The number of rotatable bonds is 5. The molecule has 0 atom stereocenters. The number of nitrogens with zero attached hydrogens (tertiary/aromatic N) is 6. The highest BCUT2D eigenvalue weighted by Crippen LogP contribution is 2.29. The lowest BCUT2D eigenvalue weighted by Crippen LogP contribution is -2.24. The zero-order chi connectivity index (χ0) is 21.5. The number of carbonyl (C=O) groups is 1. The van der Waals surface area contributed by atoms with Crippen LogP contribution in [0, 0.1) is 0 Å². The lowest BCUT2D eigenvalue weighted by molar-refractivity contribution is 0.181. The number of pyridine rings is 1. The molecule has 5 heterocycles. The zero-order valence-corrected chi connectivity index (χ0v) is 17.1. The first-order chi connectivity index (χ1) is 15.8. The standard InChI is InChI=1S/C22H19N7O3/c30-22-28(7-9-32-22)19-5-4-15(10-23-19)17-12-25-21(29-13-26-27-20(17)29)24-11-14-2-1-3-18-16(14)6-8-31-18/h1-5,10,12-13H,6-9,11H2,(H,24,25). The summed E-state index contributed by atoms with van der Waals surface area (Å²) in [6.07, 6.45) is 5.63. The number of hydrogen-bond donors (Lipinski definition) is 1. The molecule has 2 aliphatic rings. The van der Waals surface area contributed by atoms with E-state index in [2.05, 4.69) is 31.5 Å². The van der Waals surface area contributed by atoms with Gasteiger partial charge >= 0.3 is 6.09 Å². The fraction of sp³-hybridized carbons (Fsp3) is 0.227. The number of nitrogens with one attached hydrogen (secondary N) is 1. The third-order valence-electron chi connectivity index (χ3n) is 5.71. The number of fused-ring (bicyclic) bond motifs is 2. The van der Waals surface area contributed by atoms with E-state index in [1.54, 1.807) is 24.8 Å². The van der Waals surface area contributed by atoms with Crippen molar-refractivity contribution in [3.8, 4) is 16.9 Å². The van der Waals surface area contributed by atoms with Crippen LogP contribution in [0.1, 0.15) is 11.1 Å². The second-order valence-electron chi connectivity index (χ2n) is 7.54. The van der Waals surface area contributed by atoms with Crippen molar-refractivity contribution in [3.05, 3.63) is 60.2 Å². The van der Waals surface area contributed by atoms with Crippen molar-refractivity contribution in [1.29, 1.82) is 0 Å². The number of hydrogen-bond acceptors (Lipinski definition) is 8. The molecule has 0 saturated carbocycles. The molecule has 4 aromatic rings. The summed E-state index contributed by atoms with van der Waals surface area (Å²) in [5.74, 6) is 2.16. The average Bonchev–Trinajstić information content (AvgIpc) is 3.58. The molecule has 3 aromatic heterocycles. The molecule has 2 aliphatic heterocycles. The predicted molar refractivity (Wildman–Crippen MR) is 116 cm³/mol. The summed E-state index contributed by atoms with van der Waals surface area (Å²) in [6.45, 7) is 2.22. The molecule has 0 bridgehead atoms. The minimum absolute atomic E-state index is 0.375. The molecule has 1 amide bonds. The molecule has 1 aromatic carbocycles. The Kier molecular flexibility index (Phi) is 4.34. The Morgan fingerprint density at radius 3 is 2.88 bits per heavy atom. The Morgan fingerprint density at radius 2 is 2.03 bits per heavy atom. The van der Waals surface area contributed by atoms with Gasteiger partial charge in [-0.05, 0) is 23.8 Å². The summed E-state index contributed by atoms with van der Waals surface area (Å²) >= 11 is 0. The van der Waals surface area contributed by atoms with Crippen LogP contribution in [0.15, 0.2) is 49.1 Å². The van der Waals surface area contributed by atoms with E-state index >= 15 is 0 Å². The van der Waals surface area contributed by atoms with Crippen LogP contribution < -0.4 is 15.0 Å². The molecule has 32 heavy (non-hydrogen) atoms. The average molecular weight is 429 g/mol. The molecule has 1 N–H and O–H groups in total. The van der Waals surface area contributed by atoms with Gasteiger partial charge in [-0.3, -0.25) is 9.30 Å². The van der Waals surface area contributed by atoms with Gasteiger partial charge < -0.3 is 14.8 Å². The van der Waals surface area contributed by atoms with Gasteiger partial charge in [-0.25, -0.2) is 14.8 Å².